The van der Waals surface area contributed by atoms with Crippen molar-refractivity contribution >= 4 is 35.0 Å². The molecule has 0 saturated heterocycles. The van der Waals surface area contributed by atoms with E-state index in [0.29, 0.717) is 43.4 Å². The van der Waals surface area contributed by atoms with E-state index in [4.69, 9.17) is 14.6 Å². The number of nitrogens with zero attached hydrogens (tertiary/aromatic N) is 2. The Morgan fingerprint density at radius 1 is 1.05 bits per heavy atom. The van der Waals surface area contributed by atoms with Crippen LogP contribution >= 0.6 is 11.3 Å². The number of hydrogen-bond donors (Lipinski definition) is 2. The molecule has 2 heterocycles. The summed E-state index contributed by atoms with van der Waals surface area (Å²) < 4.78 is 12.6. The molecule has 40 heavy (non-hydrogen) atoms. The van der Waals surface area contributed by atoms with Gasteiger partial charge in [0.15, 0.2) is 11.4 Å². The molecule has 4 aromatic rings. The van der Waals surface area contributed by atoms with Gasteiger partial charge in [-0.1, -0.05) is 53.8 Å². The normalized spacial score (nSPS) is 14.8. The Balaban J connectivity index is 1.59. The number of rotatable bonds is 8. The predicted molar refractivity (Wildman–Crippen MR) is 151 cm³/mol. The van der Waals surface area contributed by atoms with Crippen LogP contribution in [0.1, 0.15) is 24.1 Å². The van der Waals surface area contributed by atoms with Crippen LogP contribution in [0, 0.1) is 0 Å². The van der Waals surface area contributed by atoms with E-state index in [1.807, 2.05) is 36.4 Å². The minimum Gasteiger partial charge on any atom is -0.497 e. The van der Waals surface area contributed by atoms with Crippen molar-refractivity contribution in [2.75, 3.05) is 19.0 Å². The van der Waals surface area contributed by atoms with Gasteiger partial charge in [0.1, 0.15) is 11.5 Å². The van der Waals surface area contributed by atoms with Crippen LogP contribution in [0.15, 0.2) is 99.9 Å². The highest BCUT2D eigenvalue weighted by atomic mass is 32.1. The molecule has 10 heteroatoms. The number of para-hydroxylation sites is 1. The van der Waals surface area contributed by atoms with Crippen molar-refractivity contribution in [3.8, 4) is 11.5 Å². The number of anilines is 1. The fourth-order valence-corrected chi connectivity index (χ4v) is 5.46. The van der Waals surface area contributed by atoms with Crippen molar-refractivity contribution < 1.29 is 24.2 Å². The topological polar surface area (TPSA) is 119 Å². The molecule has 3 aromatic carbocycles. The number of carboxylic acids is 1. The SMILES string of the molecule is COc1cccc([C@@H]2C(C(=O)Nc3ccccc3)=C(C)N=c3s/c(=C/c4ccc(OCC(=O)O)cc4)c(=O)n32)c1. The van der Waals surface area contributed by atoms with Gasteiger partial charge >= 0.3 is 5.97 Å². The maximum atomic E-state index is 13.8. The summed E-state index contributed by atoms with van der Waals surface area (Å²) in [5, 5.41) is 11.7. The molecule has 0 aliphatic carbocycles. The summed E-state index contributed by atoms with van der Waals surface area (Å²) in [4.78, 5) is 43.4. The van der Waals surface area contributed by atoms with Crippen LogP contribution in [0.5, 0.6) is 11.5 Å². The fourth-order valence-electron chi connectivity index (χ4n) is 4.42. The Kier molecular flexibility index (Phi) is 7.61. The minimum absolute atomic E-state index is 0.291. The molecule has 1 aliphatic heterocycles. The van der Waals surface area contributed by atoms with E-state index >= 15 is 0 Å². The number of carbonyl (C=O) groups is 2. The zero-order valence-corrected chi connectivity index (χ0v) is 22.5. The number of fused-ring (bicyclic) bond motifs is 1. The number of thiazole rings is 1. The molecule has 0 saturated carbocycles. The van der Waals surface area contributed by atoms with E-state index in [9.17, 15) is 14.4 Å². The van der Waals surface area contributed by atoms with E-state index in [0.717, 1.165) is 5.56 Å². The second-order valence-electron chi connectivity index (χ2n) is 8.93. The second kappa shape index (κ2) is 11.4. The lowest BCUT2D eigenvalue weighted by molar-refractivity contribution is -0.139. The Morgan fingerprint density at radius 2 is 1.80 bits per heavy atom. The third-order valence-electron chi connectivity index (χ3n) is 6.25. The lowest BCUT2D eigenvalue weighted by Crippen LogP contribution is -2.40. The number of hydrogen-bond acceptors (Lipinski definition) is 7. The number of benzene rings is 3. The molecule has 0 fully saturated rings. The number of aromatic nitrogens is 1. The summed E-state index contributed by atoms with van der Waals surface area (Å²) >= 11 is 1.23. The number of carbonyl (C=O) groups excluding carboxylic acids is 1. The Labute approximate surface area is 233 Å². The van der Waals surface area contributed by atoms with Gasteiger partial charge < -0.3 is 19.9 Å². The van der Waals surface area contributed by atoms with Gasteiger partial charge in [-0.05, 0) is 60.5 Å². The zero-order valence-electron chi connectivity index (χ0n) is 21.7. The molecular weight excluding hydrogens is 530 g/mol. The maximum absolute atomic E-state index is 13.8. The molecule has 0 radical (unpaired) electrons. The van der Waals surface area contributed by atoms with Gasteiger partial charge in [0.2, 0.25) is 0 Å². The van der Waals surface area contributed by atoms with Crippen molar-refractivity contribution in [3.05, 3.63) is 121 Å². The van der Waals surface area contributed by atoms with Crippen molar-refractivity contribution in [1.82, 2.24) is 4.57 Å². The highest BCUT2D eigenvalue weighted by molar-refractivity contribution is 7.07. The van der Waals surface area contributed by atoms with Crippen LogP contribution in [0.25, 0.3) is 6.08 Å². The average molecular weight is 556 g/mol. The highest BCUT2D eigenvalue weighted by Gasteiger charge is 2.32. The third kappa shape index (κ3) is 5.57. The van der Waals surface area contributed by atoms with Gasteiger partial charge in [-0.25, -0.2) is 9.79 Å². The second-order valence-corrected chi connectivity index (χ2v) is 9.94. The summed E-state index contributed by atoms with van der Waals surface area (Å²) in [6, 6.07) is 22.4. The van der Waals surface area contributed by atoms with E-state index < -0.39 is 18.6 Å². The van der Waals surface area contributed by atoms with Crippen molar-refractivity contribution in [2.24, 2.45) is 4.99 Å². The first-order chi connectivity index (χ1) is 19.3. The molecule has 1 atom stereocenters. The predicted octanol–water partition coefficient (Wildman–Crippen LogP) is 3.35. The molecule has 202 valence electrons. The number of amides is 1. The van der Waals surface area contributed by atoms with Gasteiger partial charge in [0.25, 0.3) is 11.5 Å². The van der Waals surface area contributed by atoms with E-state index in [2.05, 4.69) is 10.3 Å². The van der Waals surface area contributed by atoms with Gasteiger partial charge in [-0.15, -0.1) is 0 Å². The minimum atomic E-state index is -1.07. The standard InChI is InChI=1S/C30H25N3O6S/c1-18-26(28(36)32-21-8-4-3-5-9-21)27(20-7-6-10-23(16-20)38-2)33-29(37)24(40-30(33)31-18)15-19-11-13-22(14-12-19)39-17-25(34)35/h3-16,27H,17H2,1-2H3,(H,32,36)(H,34,35)/b24-15+/t27-/m1/s1. The monoisotopic (exact) mass is 555 g/mol. The summed E-state index contributed by atoms with van der Waals surface area (Å²) in [7, 11) is 1.56. The first-order valence-corrected chi connectivity index (χ1v) is 13.1. The molecule has 1 aromatic heterocycles. The van der Waals surface area contributed by atoms with Crippen LogP contribution in [-0.4, -0.2) is 35.3 Å². The quantitative estimate of drug-likeness (QED) is 0.344. The molecule has 0 bridgehead atoms. The molecular formula is C30H25N3O6S. The average Bonchev–Trinajstić information content (AvgIpc) is 3.26. The molecule has 1 amide bonds. The summed E-state index contributed by atoms with van der Waals surface area (Å²) in [6.45, 7) is 1.32. The smallest absolute Gasteiger partial charge is 0.341 e. The summed E-state index contributed by atoms with van der Waals surface area (Å²) in [6.07, 6.45) is 1.73. The fraction of sp³-hybridized carbons (Fsp3) is 0.133. The lowest BCUT2D eigenvalue weighted by atomic mass is 9.95. The van der Waals surface area contributed by atoms with Crippen LogP contribution in [0.2, 0.25) is 0 Å². The van der Waals surface area contributed by atoms with E-state index in [1.165, 1.54) is 11.3 Å². The number of nitrogens with one attached hydrogen (secondary N) is 1. The van der Waals surface area contributed by atoms with E-state index in [-0.39, 0.29) is 11.5 Å². The Hall–Kier alpha value is -4.96. The van der Waals surface area contributed by atoms with Crippen LogP contribution < -0.4 is 29.7 Å². The lowest BCUT2D eigenvalue weighted by Gasteiger charge is -2.25. The van der Waals surface area contributed by atoms with Gasteiger partial charge in [0.05, 0.1) is 29.0 Å². The number of ether oxygens (including phenoxy) is 2. The van der Waals surface area contributed by atoms with Gasteiger partial charge in [-0.3, -0.25) is 14.2 Å². The third-order valence-corrected chi connectivity index (χ3v) is 7.23. The first kappa shape index (κ1) is 26.6. The highest BCUT2D eigenvalue weighted by Crippen LogP contribution is 2.32. The molecule has 0 unspecified atom stereocenters. The van der Waals surface area contributed by atoms with Gasteiger partial charge in [0, 0.05) is 5.69 Å². The Bertz CT molecular complexity index is 1790. The number of carboxylic acid groups (broad SMARTS) is 1. The van der Waals surface area contributed by atoms with Crippen LogP contribution in [0.3, 0.4) is 0 Å². The Morgan fingerprint density at radius 3 is 2.50 bits per heavy atom. The molecule has 5 rings (SSSR count). The molecule has 0 spiro atoms. The summed E-state index contributed by atoms with van der Waals surface area (Å²) in [5.41, 5.74) is 2.64. The van der Waals surface area contributed by atoms with Crippen molar-refractivity contribution in [3.63, 3.8) is 0 Å². The number of methoxy groups -OCH3 is 1. The molecule has 9 nitrogen and oxygen atoms in total. The largest absolute Gasteiger partial charge is 0.497 e. The van der Waals surface area contributed by atoms with Crippen molar-refractivity contribution in [2.45, 2.75) is 13.0 Å². The number of aliphatic carboxylic acids is 1. The maximum Gasteiger partial charge on any atom is 0.341 e. The molecule has 2 N–H and O–H groups in total. The van der Waals surface area contributed by atoms with E-state index in [1.54, 1.807) is 67.1 Å². The van der Waals surface area contributed by atoms with Crippen LogP contribution in [-0.2, 0) is 9.59 Å². The number of allylic oxidation sites excluding steroid dienone is 1. The van der Waals surface area contributed by atoms with Crippen LogP contribution in [0.4, 0.5) is 5.69 Å². The zero-order chi connectivity index (χ0) is 28.2. The van der Waals surface area contributed by atoms with Crippen molar-refractivity contribution in [1.29, 1.82) is 0 Å². The first-order valence-electron chi connectivity index (χ1n) is 12.3. The summed E-state index contributed by atoms with van der Waals surface area (Å²) in [5.74, 6) is -0.416. The van der Waals surface area contributed by atoms with Gasteiger partial charge in [-0.2, -0.15) is 0 Å². The molecule has 1 aliphatic rings.